The summed E-state index contributed by atoms with van der Waals surface area (Å²) in [6.45, 7) is 6.15. The number of hydrogen-bond acceptors (Lipinski definition) is 3. The Morgan fingerprint density at radius 1 is 1.07 bits per heavy atom. The zero-order valence-electron chi connectivity index (χ0n) is 9.21. The van der Waals surface area contributed by atoms with E-state index in [0.29, 0.717) is 6.04 Å². The van der Waals surface area contributed by atoms with Gasteiger partial charge in [-0.1, -0.05) is 0 Å². The van der Waals surface area contributed by atoms with Gasteiger partial charge >= 0.3 is 0 Å². The molecule has 0 aliphatic carbocycles. The van der Waals surface area contributed by atoms with E-state index in [1.165, 1.54) is 0 Å². The van der Waals surface area contributed by atoms with Crippen molar-refractivity contribution in [3.8, 4) is 0 Å². The van der Waals surface area contributed by atoms with Gasteiger partial charge in [-0.3, -0.25) is 0 Å². The van der Waals surface area contributed by atoms with Gasteiger partial charge in [0.05, 0.1) is 6.04 Å². The van der Waals surface area contributed by atoms with Gasteiger partial charge < -0.3 is 21.3 Å². The molecule has 2 fully saturated rings. The van der Waals surface area contributed by atoms with Crippen molar-refractivity contribution in [1.29, 1.82) is 0 Å². The maximum Gasteiger partial charge on any atom is 0.191 e. The number of aliphatic imine (C=N–C) groups is 1. The van der Waals surface area contributed by atoms with Gasteiger partial charge in [-0.25, -0.2) is 4.99 Å². The highest BCUT2D eigenvalue weighted by molar-refractivity contribution is 5.78. The van der Waals surface area contributed by atoms with E-state index in [0.717, 1.165) is 58.1 Å². The van der Waals surface area contributed by atoms with Crippen molar-refractivity contribution in [2.24, 2.45) is 10.7 Å². The topological polar surface area (TPSA) is 65.7 Å². The molecular formula is C10H21N5. The van der Waals surface area contributed by atoms with Crippen molar-refractivity contribution in [3.05, 3.63) is 0 Å². The maximum atomic E-state index is 6.01. The molecule has 86 valence electrons. The van der Waals surface area contributed by atoms with Crippen molar-refractivity contribution < 1.29 is 0 Å². The predicted molar refractivity (Wildman–Crippen MR) is 62.0 cm³/mol. The fraction of sp³-hybridized carbons (Fsp3) is 0.900. The van der Waals surface area contributed by atoms with E-state index in [4.69, 9.17) is 5.73 Å². The van der Waals surface area contributed by atoms with Crippen LogP contribution in [-0.2, 0) is 0 Å². The van der Waals surface area contributed by atoms with E-state index in [1.807, 2.05) is 0 Å². The number of rotatable bonds is 1. The van der Waals surface area contributed by atoms with E-state index in [-0.39, 0.29) is 0 Å². The van der Waals surface area contributed by atoms with E-state index in [9.17, 15) is 0 Å². The van der Waals surface area contributed by atoms with Crippen molar-refractivity contribution >= 4 is 5.96 Å². The van der Waals surface area contributed by atoms with Crippen LogP contribution in [0.3, 0.4) is 0 Å². The molecule has 2 aliphatic rings. The smallest absolute Gasteiger partial charge is 0.191 e. The van der Waals surface area contributed by atoms with Gasteiger partial charge in [0.25, 0.3) is 0 Å². The predicted octanol–water partition coefficient (Wildman–Crippen LogP) is -1.04. The van der Waals surface area contributed by atoms with Crippen molar-refractivity contribution in [2.75, 3.05) is 39.3 Å². The first kappa shape index (κ1) is 10.7. The zero-order chi connectivity index (χ0) is 10.5. The molecular weight excluding hydrogens is 190 g/mol. The van der Waals surface area contributed by atoms with Crippen LogP contribution >= 0.6 is 0 Å². The lowest BCUT2D eigenvalue weighted by molar-refractivity contribution is 0.348. The SMILES string of the molecule is NC(=NC1CCNCC1)N1CCNCC1. The summed E-state index contributed by atoms with van der Waals surface area (Å²) < 4.78 is 0. The molecule has 0 radical (unpaired) electrons. The van der Waals surface area contributed by atoms with E-state index in [2.05, 4.69) is 20.5 Å². The molecule has 2 heterocycles. The Morgan fingerprint density at radius 2 is 1.67 bits per heavy atom. The lowest BCUT2D eigenvalue weighted by atomic mass is 10.1. The minimum Gasteiger partial charge on any atom is -0.370 e. The van der Waals surface area contributed by atoms with Gasteiger partial charge in [0.15, 0.2) is 5.96 Å². The van der Waals surface area contributed by atoms with Gasteiger partial charge in [0, 0.05) is 26.2 Å². The summed E-state index contributed by atoms with van der Waals surface area (Å²) in [6.07, 6.45) is 2.24. The lowest BCUT2D eigenvalue weighted by Crippen LogP contribution is -2.50. The van der Waals surface area contributed by atoms with Gasteiger partial charge in [-0.15, -0.1) is 0 Å². The monoisotopic (exact) mass is 211 g/mol. The molecule has 0 aromatic carbocycles. The van der Waals surface area contributed by atoms with Crippen molar-refractivity contribution in [2.45, 2.75) is 18.9 Å². The fourth-order valence-electron chi connectivity index (χ4n) is 2.10. The Labute approximate surface area is 91.1 Å². The molecule has 4 N–H and O–H groups in total. The number of nitrogens with zero attached hydrogens (tertiary/aromatic N) is 2. The zero-order valence-corrected chi connectivity index (χ0v) is 9.21. The Kier molecular flexibility index (Phi) is 3.80. The van der Waals surface area contributed by atoms with Crippen molar-refractivity contribution in [3.63, 3.8) is 0 Å². The lowest BCUT2D eigenvalue weighted by Gasteiger charge is -2.29. The summed E-state index contributed by atoms with van der Waals surface area (Å²) >= 11 is 0. The third kappa shape index (κ3) is 3.07. The van der Waals surface area contributed by atoms with Gasteiger partial charge in [-0.05, 0) is 25.9 Å². The van der Waals surface area contributed by atoms with Gasteiger partial charge in [0.2, 0.25) is 0 Å². The molecule has 0 spiro atoms. The summed E-state index contributed by atoms with van der Waals surface area (Å²) in [5.74, 6) is 0.739. The van der Waals surface area contributed by atoms with Crippen LogP contribution in [0.5, 0.6) is 0 Å². The number of guanidine groups is 1. The first-order valence-electron chi connectivity index (χ1n) is 5.86. The highest BCUT2D eigenvalue weighted by Gasteiger charge is 2.15. The Hall–Kier alpha value is -0.810. The van der Waals surface area contributed by atoms with Gasteiger partial charge in [-0.2, -0.15) is 0 Å². The molecule has 0 bridgehead atoms. The van der Waals surface area contributed by atoms with Crippen LogP contribution in [0.2, 0.25) is 0 Å². The van der Waals surface area contributed by atoms with Crippen LogP contribution in [0, 0.1) is 0 Å². The quantitative estimate of drug-likeness (QED) is 0.383. The molecule has 2 aliphatic heterocycles. The largest absolute Gasteiger partial charge is 0.370 e. The molecule has 15 heavy (non-hydrogen) atoms. The molecule has 0 atom stereocenters. The molecule has 5 nitrogen and oxygen atoms in total. The maximum absolute atomic E-state index is 6.01. The van der Waals surface area contributed by atoms with Crippen LogP contribution in [0.15, 0.2) is 4.99 Å². The summed E-state index contributed by atoms with van der Waals surface area (Å²) in [4.78, 5) is 6.79. The Morgan fingerprint density at radius 3 is 2.33 bits per heavy atom. The van der Waals surface area contributed by atoms with E-state index < -0.39 is 0 Å². The first-order valence-corrected chi connectivity index (χ1v) is 5.86. The summed E-state index contributed by atoms with van der Waals surface area (Å²) in [6, 6.07) is 0.432. The second-order valence-corrected chi connectivity index (χ2v) is 4.21. The number of piperidine rings is 1. The number of nitrogens with two attached hydrogens (primary N) is 1. The number of piperazine rings is 1. The van der Waals surface area contributed by atoms with Crippen LogP contribution in [0.1, 0.15) is 12.8 Å². The molecule has 2 saturated heterocycles. The summed E-state index contributed by atoms with van der Waals surface area (Å²) in [7, 11) is 0. The number of nitrogens with one attached hydrogen (secondary N) is 2. The molecule has 0 aromatic rings. The highest BCUT2D eigenvalue weighted by Crippen LogP contribution is 2.07. The van der Waals surface area contributed by atoms with Crippen LogP contribution in [-0.4, -0.2) is 56.2 Å². The fourth-order valence-corrected chi connectivity index (χ4v) is 2.10. The third-order valence-electron chi connectivity index (χ3n) is 3.06. The van der Waals surface area contributed by atoms with Crippen LogP contribution in [0.4, 0.5) is 0 Å². The summed E-state index contributed by atoms with van der Waals surface area (Å²) in [5.41, 5.74) is 6.01. The van der Waals surface area contributed by atoms with Crippen LogP contribution in [0.25, 0.3) is 0 Å². The van der Waals surface area contributed by atoms with E-state index >= 15 is 0 Å². The second kappa shape index (κ2) is 5.32. The summed E-state index contributed by atoms with van der Waals surface area (Å²) in [5, 5.41) is 6.64. The minimum atomic E-state index is 0.432. The van der Waals surface area contributed by atoms with Gasteiger partial charge in [0.1, 0.15) is 0 Å². The average Bonchev–Trinajstić information content (AvgIpc) is 2.31. The molecule has 0 amide bonds. The van der Waals surface area contributed by atoms with E-state index in [1.54, 1.807) is 0 Å². The Bertz CT molecular complexity index is 216. The second-order valence-electron chi connectivity index (χ2n) is 4.21. The highest BCUT2D eigenvalue weighted by atomic mass is 15.3. The molecule has 0 aromatic heterocycles. The van der Waals surface area contributed by atoms with Crippen LogP contribution < -0.4 is 16.4 Å². The molecule has 0 saturated carbocycles. The minimum absolute atomic E-state index is 0.432. The molecule has 2 rings (SSSR count). The number of hydrogen-bond donors (Lipinski definition) is 3. The average molecular weight is 211 g/mol. The molecule has 5 heteroatoms. The van der Waals surface area contributed by atoms with Crippen molar-refractivity contribution in [1.82, 2.24) is 15.5 Å². The Balaban J connectivity index is 1.86. The third-order valence-corrected chi connectivity index (χ3v) is 3.06. The normalized spacial score (nSPS) is 25.6. The molecule has 0 unspecified atom stereocenters. The first-order chi connectivity index (χ1) is 7.36. The standard InChI is InChI=1S/C10H21N5/c11-10(15-7-5-13-6-8-15)14-9-1-3-12-4-2-9/h9,12-13H,1-8H2,(H2,11,14).